The van der Waals surface area contributed by atoms with Gasteiger partial charge in [-0.2, -0.15) is 0 Å². The molecular weight excluding hydrogens is 231 g/mol. The van der Waals surface area contributed by atoms with E-state index in [0.29, 0.717) is 18.2 Å². The number of nitrogens with zero attached hydrogens (tertiary/aromatic N) is 1. The number of carbonyl (C=O) groups is 1. The molecule has 98 valence electrons. The van der Waals surface area contributed by atoms with E-state index >= 15 is 0 Å². The SMILES string of the molecule is CN1CCCCC1CC(=O)Nc1cccc(F)c1. The normalized spacial score (nSPS) is 20.7. The molecule has 1 aromatic rings. The Balaban J connectivity index is 1.88. The monoisotopic (exact) mass is 250 g/mol. The molecule has 1 aromatic carbocycles. The summed E-state index contributed by atoms with van der Waals surface area (Å²) in [6.45, 7) is 1.05. The first kappa shape index (κ1) is 13.0. The molecule has 1 saturated heterocycles. The molecule has 18 heavy (non-hydrogen) atoms. The quantitative estimate of drug-likeness (QED) is 0.894. The summed E-state index contributed by atoms with van der Waals surface area (Å²) in [4.78, 5) is 14.1. The zero-order valence-corrected chi connectivity index (χ0v) is 10.7. The number of benzene rings is 1. The summed E-state index contributed by atoms with van der Waals surface area (Å²) < 4.78 is 13.0. The molecule has 0 aliphatic carbocycles. The molecule has 3 nitrogen and oxygen atoms in total. The molecule has 1 aliphatic rings. The number of hydrogen-bond acceptors (Lipinski definition) is 2. The van der Waals surface area contributed by atoms with Crippen molar-refractivity contribution in [2.75, 3.05) is 18.9 Å². The van der Waals surface area contributed by atoms with Crippen LogP contribution in [0.4, 0.5) is 10.1 Å². The fourth-order valence-corrected chi connectivity index (χ4v) is 2.39. The van der Waals surface area contributed by atoms with Crippen LogP contribution in [0.15, 0.2) is 24.3 Å². The smallest absolute Gasteiger partial charge is 0.225 e. The maximum atomic E-state index is 13.0. The highest BCUT2D eigenvalue weighted by atomic mass is 19.1. The lowest BCUT2D eigenvalue weighted by Gasteiger charge is -2.31. The van der Waals surface area contributed by atoms with E-state index in [2.05, 4.69) is 17.3 Å². The molecule has 2 rings (SSSR count). The van der Waals surface area contributed by atoms with Gasteiger partial charge in [-0.25, -0.2) is 4.39 Å². The van der Waals surface area contributed by atoms with E-state index in [0.717, 1.165) is 13.0 Å². The van der Waals surface area contributed by atoms with Crippen molar-refractivity contribution in [3.8, 4) is 0 Å². The van der Waals surface area contributed by atoms with Crippen LogP contribution in [0.25, 0.3) is 0 Å². The number of carbonyl (C=O) groups excluding carboxylic acids is 1. The van der Waals surface area contributed by atoms with Crippen molar-refractivity contribution in [2.24, 2.45) is 0 Å². The van der Waals surface area contributed by atoms with Crippen LogP contribution in [0.2, 0.25) is 0 Å². The van der Waals surface area contributed by atoms with E-state index in [-0.39, 0.29) is 11.7 Å². The number of amides is 1. The second-order valence-electron chi connectivity index (χ2n) is 4.89. The Hall–Kier alpha value is -1.42. The number of piperidine rings is 1. The lowest BCUT2D eigenvalue weighted by molar-refractivity contribution is -0.117. The third-order valence-corrected chi connectivity index (χ3v) is 3.45. The topological polar surface area (TPSA) is 32.3 Å². The van der Waals surface area contributed by atoms with Gasteiger partial charge < -0.3 is 10.2 Å². The van der Waals surface area contributed by atoms with Crippen LogP contribution in [-0.2, 0) is 4.79 Å². The molecule has 1 atom stereocenters. The lowest BCUT2D eigenvalue weighted by atomic mass is 10.00. The predicted octanol–water partition coefficient (Wildman–Crippen LogP) is 2.64. The van der Waals surface area contributed by atoms with Gasteiger partial charge in [0.15, 0.2) is 0 Å². The maximum Gasteiger partial charge on any atom is 0.225 e. The largest absolute Gasteiger partial charge is 0.326 e. The van der Waals surface area contributed by atoms with Crippen molar-refractivity contribution in [3.63, 3.8) is 0 Å². The van der Waals surface area contributed by atoms with Gasteiger partial charge in [0.2, 0.25) is 5.91 Å². The van der Waals surface area contributed by atoms with E-state index in [4.69, 9.17) is 0 Å². The second-order valence-corrected chi connectivity index (χ2v) is 4.89. The molecule has 4 heteroatoms. The summed E-state index contributed by atoms with van der Waals surface area (Å²) in [7, 11) is 2.05. The number of rotatable bonds is 3. The standard InChI is InChI=1S/C14H19FN2O/c1-17-8-3-2-7-13(17)10-14(18)16-12-6-4-5-11(15)9-12/h4-6,9,13H,2-3,7-8,10H2,1H3,(H,16,18). The zero-order chi connectivity index (χ0) is 13.0. The molecule has 0 spiro atoms. The van der Waals surface area contributed by atoms with Crippen molar-refractivity contribution in [1.82, 2.24) is 4.90 Å². The average Bonchev–Trinajstić information content (AvgIpc) is 2.32. The summed E-state index contributed by atoms with van der Waals surface area (Å²) in [5.74, 6) is -0.373. The van der Waals surface area contributed by atoms with Gasteiger partial charge in [0.1, 0.15) is 5.82 Å². The van der Waals surface area contributed by atoms with Crippen molar-refractivity contribution in [3.05, 3.63) is 30.1 Å². The fraction of sp³-hybridized carbons (Fsp3) is 0.500. The summed E-state index contributed by atoms with van der Waals surface area (Å²) >= 11 is 0. The van der Waals surface area contributed by atoms with E-state index in [9.17, 15) is 9.18 Å². The maximum absolute atomic E-state index is 13.0. The number of nitrogens with one attached hydrogen (secondary N) is 1. The highest BCUT2D eigenvalue weighted by molar-refractivity contribution is 5.91. The Labute approximate surface area is 107 Å². The molecule has 0 bridgehead atoms. The van der Waals surface area contributed by atoms with Crippen LogP contribution in [0.1, 0.15) is 25.7 Å². The van der Waals surface area contributed by atoms with Crippen LogP contribution in [0.5, 0.6) is 0 Å². The molecule has 0 radical (unpaired) electrons. The van der Waals surface area contributed by atoms with Crippen LogP contribution in [-0.4, -0.2) is 30.4 Å². The van der Waals surface area contributed by atoms with Crippen molar-refractivity contribution in [1.29, 1.82) is 0 Å². The van der Waals surface area contributed by atoms with Gasteiger partial charge in [-0.1, -0.05) is 12.5 Å². The molecule has 1 aliphatic heterocycles. The molecule has 1 heterocycles. The number of likely N-dealkylation sites (tertiary alicyclic amines) is 1. The minimum atomic E-state index is -0.331. The lowest BCUT2D eigenvalue weighted by Crippen LogP contribution is -2.38. The summed E-state index contributed by atoms with van der Waals surface area (Å²) in [5, 5.41) is 2.74. The van der Waals surface area contributed by atoms with Gasteiger partial charge in [0, 0.05) is 18.2 Å². The minimum Gasteiger partial charge on any atom is -0.326 e. The summed E-state index contributed by atoms with van der Waals surface area (Å²) in [6, 6.07) is 6.31. The van der Waals surface area contributed by atoms with E-state index in [1.54, 1.807) is 12.1 Å². The molecule has 0 aromatic heterocycles. The molecule has 1 fully saturated rings. The van der Waals surface area contributed by atoms with E-state index in [1.807, 2.05) is 0 Å². The summed E-state index contributed by atoms with van der Waals surface area (Å²) in [6.07, 6.45) is 3.93. The van der Waals surface area contributed by atoms with Gasteiger partial charge >= 0.3 is 0 Å². The molecule has 1 unspecified atom stereocenters. The van der Waals surface area contributed by atoms with Gasteiger partial charge in [-0.05, 0) is 44.6 Å². The van der Waals surface area contributed by atoms with Gasteiger partial charge in [-0.15, -0.1) is 0 Å². The first-order valence-corrected chi connectivity index (χ1v) is 6.41. The average molecular weight is 250 g/mol. The van der Waals surface area contributed by atoms with Crippen molar-refractivity contribution in [2.45, 2.75) is 31.7 Å². The number of hydrogen-bond donors (Lipinski definition) is 1. The minimum absolute atomic E-state index is 0.0423. The molecular formula is C14H19FN2O. The van der Waals surface area contributed by atoms with Gasteiger partial charge in [-0.3, -0.25) is 4.79 Å². The Morgan fingerprint density at radius 1 is 1.50 bits per heavy atom. The second kappa shape index (κ2) is 5.96. The zero-order valence-electron chi connectivity index (χ0n) is 10.7. The molecule has 0 saturated carbocycles. The Morgan fingerprint density at radius 3 is 3.06 bits per heavy atom. The Morgan fingerprint density at radius 2 is 2.33 bits per heavy atom. The third-order valence-electron chi connectivity index (χ3n) is 3.45. The predicted molar refractivity (Wildman–Crippen MR) is 69.9 cm³/mol. The third kappa shape index (κ3) is 3.53. The van der Waals surface area contributed by atoms with Gasteiger partial charge in [0.25, 0.3) is 0 Å². The highest BCUT2D eigenvalue weighted by Crippen LogP contribution is 2.18. The Kier molecular flexibility index (Phi) is 4.31. The van der Waals surface area contributed by atoms with E-state index in [1.165, 1.54) is 25.0 Å². The highest BCUT2D eigenvalue weighted by Gasteiger charge is 2.21. The molecule has 1 N–H and O–H groups in total. The van der Waals surface area contributed by atoms with Crippen LogP contribution in [0.3, 0.4) is 0 Å². The van der Waals surface area contributed by atoms with Crippen LogP contribution in [0, 0.1) is 5.82 Å². The van der Waals surface area contributed by atoms with Crippen molar-refractivity contribution >= 4 is 11.6 Å². The van der Waals surface area contributed by atoms with Gasteiger partial charge in [0.05, 0.1) is 0 Å². The number of anilines is 1. The number of halogens is 1. The van der Waals surface area contributed by atoms with E-state index < -0.39 is 0 Å². The first-order chi connectivity index (χ1) is 8.65. The van der Waals surface area contributed by atoms with Crippen LogP contribution < -0.4 is 5.32 Å². The summed E-state index contributed by atoms with van der Waals surface area (Å²) in [5.41, 5.74) is 0.526. The van der Waals surface area contributed by atoms with Crippen molar-refractivity contribution < 1.29 is 9.18 Å². The Bertz CT molecular complexity index is 422. The van der Waals surface area contributed by atoms with Crippen LogP contribution >= 0.6 is 0 Å². The first-order valence-electron chi connectivity index (χ1n) is 6.41. The molecule has 1 amide bonds. The fourth-order valence-electron chi connectivity index (χ4n) is 2.39.